The van der Waals surface area contributed by atoms with Crippen LogP contribution in [0.25, 0.3) is 0 Å². The molecule has 1 heterocycles. The highest BCUT2D eigenvalue weighted by Gasteiger charge is 2.04. The molecule has 1 aromatic heterocycles. The lowest BCUT2D eigenvalue weighted by Crippen LogP contribution is -1.88. The van der Waals surface area contributed by atoms with E-state index < -0.39 is 0 Å². The van der Waals surface area contributed by atoms with Gasteiger partial charge in [0.25, 0.3) is 0 Å². The van der Waals surface area contributed by atoms with Crippen molar-refractivity contribution in [1.82, 2.24) is 4.98 Å². The van der Waals surface area contributed by atoms with Crippen LogP contribution in [0.2, 0.25) is 0 Å². The monoisotopic (exact) mass is 221 g/mol. The lowest BCUT2D eigenvalue weighted by molar-refractivity contribution is 0.457. The molecule has 0 aliphatic rings. The number of benzene rings is 1. The number of aromatic amines is 1. The van der Waals surface area contributed by atoms with Crippen LogP contribution in [0.15, 0.2) is 45.4 Å². The van der Waals surface area contributed by atoms with Gasteiger partial charge in [-0.15, -0.1) is 10.2 Å². The molecule has 0 fully saturated rings. The first-order valence-electron chi connectivity index (χ1n) is 4.14. The molecule has 1 aromatic carbocycles. The summed E-state index contributed by atoms with van der Waals surface area (Å²) in [5.74, 6) is -0.246. The van der Waals surface area contributed by atoms with Crippen LogP contribution in [0.5, 0.6) is 5.88 Å². The highest BCUT2D eigenvalue weighted by molar-refractivity contribution is 7.13. The summed E-state index contributed by atoms with van der Waals surface area (Å²) in [5, 5.41) is 17.0. The molecular weight excluding hydrogens is 214 g/mol. The summed E-state index contributed by atoms with van der Waals surface area (Å²) in [6.07, 6.45) is 0. The third-order valence-corrected chi connectivity index (χ3v) is 2.38. The van der Waals surface area contributed by atoms with Crippen molar-refractivity contribution in [3.63, 3.8) is 0 Å². The fourth-order valence-corrected chi connectivity index (χ4v) is 1.53. The minimum absolute atomic E-state index is 0.184. The first-order valence-corrected chi connectivity index (χ1v) is 4.96. The van der Waals surface area contributed by atoms with Gasteiger partial charge in [0.05, 0.1) is 5.69 Å². The topological polar surface area (TPSA) is 77.8 Å². The number of hydrogen-bond donors (Lipinski definition) is 2. The maximum Gasteiger partial charge on any atom is 0.309 e. The molecule has 0 aliphatic heterocycles. The molecule has 0 atom stereocenters. The SMILES string of the molecule is O=c1[nH]c(O)c(N=Nc2ccccc2)s1. The first-order chi connectivity index (χ1) is 7.25. The van der Waals surface area contributed by atoms with E-state index in [1.165, 1.54) is 0 Å². The summed E-state index contributed by atoms with van der Waals surface area (Å²) in [6.45, 7) is 0. The molecule has 0 saturated carbocycles. The van der Waals surface area contributed by atoms with Crippen LogP contribution in [-0.4, -0.2) is 10.1 Å². The number of nitrogens with zero attached hydrogens (tertiary/aromatic N) is 2. The quantitative estimate of drug-likeness (QED) is 0.764. The van der Waals surface area contributed by atoms with Crippen molar-refractivity contribution in [2.75, 3.05) is 0 Å². The Hall–Kier alpha value is -1.95. The van der Waals surface area contributed by atoms with Crippen LogP contribution in [0.4, 0.5) is 10.7 Å². The average Bonchev–Trinajstić information content (AvgIpc) is 2.56. The van der Waals surface area contributed by atoms with Crippen molar-refractivity contribution >= 4 is 22.0 Å². The van der Waals surface area contributed by atoms with Gasteiger partial charge in [-0.25, -0.2) is 0 Å². The molecule has 2 aromatic rings. The zero-order chi connectivity index (χ0) is 10.7. The van der Waals surface area contributed by atoms with Gasteiger partial charge < -0.3 is 5.11 Å². The Balaban J connectivity index is 2.26. The van der Waals surface area contributed by atoms with E-state index in [0.717, 1.165) is 11.3 Å². The fraction of sp³-hybridized carbons (Fsp3) is 0. The number of hydrogen-bond acceptors (Lipinski definition) is 5. The molecule has 2 rings (SSSR count). The lowest BCUT2D eigenvalue weighted by Gasteiger charge is -1.89. The Bertz CT molecular complexity index is 530. The van der Waals surface area contributed by atoms with Gasteiger partial charge in [0.15, 0.2) is 0 Å². The second kappa shape index (κ2) is 4.05. The number of nitrogens with one attached hydrogen (secondary N) is 1. The summed E-state index contributed by atoms with van der Waals surface area (Å²) in [6, 6.07) is 9.07. The Morgan fingerprint density at radius 3 is 2.53 bits per heavy atom. The van der Waals surface area contributed by atoms with Crippen molar-refractivity contribution in [3.05, 3.63) is 40.0 Å². The predicted octanol–water partition coefficient (Wildman–Crippen LogP) is 2.56. The largest absolute Gasteiger partial charge is 0.492 e. The smallest absolute Gasteiger partial charge is 0.309 e. The highest BCUT2D eigenvalue weighted by atomic mass is 32.1. The zero-order valence-electron chi connectivity index (χ0n) is 7.54. The van der Waals surface area contributed by atoms with Crippen molar-refractivity contribution in [2.24, 2.45) is 10.2 Å². The Morgan fingerprint density at radius 1 is 1.20 bits per heavy atom. The van der Waals surface area contributed by atoms with Crippen LogP contribution in [0, 0.1) is 0 Å². The molecule has 5 nitrogen and oxygen atoms in total. The molecule has 0 spiro atoms. The minimum atomic E-state index is -0.352. The Labute approximate surface area is 88.8 Å². The molecule has 0 aliphatic carbocycles. The summed E-state index contributed by atoms with van der Waals surface area (Å²) in [7, 11) is 0. The molecule has 6 heteroatoms. The predicted molar refractivity (Wildman–Crippen MR) is 57.2 cm³/mol. The summed E-state index contributed by atoms with van der Waals surface area (Å²) < 4.78 is 0. The molecular formula is C9H7N3O2S. The number of aromatic nitrogens is 1. The maximum absolute atomic E-state index is 10.8. The summed E-state index contributed by atoms with van der Waals surface area (Å²) >= 11 is 0.812. The van der Waals surface area contributed by atoms with E-state index in [4.69, 9.17) is 0 Å². The highest BCUT2D eigenvalue weighted by Crippen LogP contribution is 2.28. The number of aromatic hydroxyl groups is 1. The Kier molecular flexibility index (Phi) is 2.59. The molecule has 0 radical (unpaired) electrons. The van der Waals surface area contributed by atoms with Crippen LogP contribution in [0.3, 0.4) is 0 Å². The third kappa shape index (κ3) is 2.29. The normalized spacial score (nSPS) is 10.9. The molecule has 0 amide bonds. The van der Waals surface area contributed by atoms with Gasteiger partial charge in [0.2, 0.25) is 10.9 Å². The number of rotatable bonds is 2. The zero-order valence-corrected chi connectivity index (χ0v) is 8.36. The van der Waals surface area contributed by atoms with E-state index in [-0.39, 0.29) is 15.8 Å². The van der Waals surface area contributed by atoms with E-state index in [1.54, 1.807) is 12.1 Å². The molecule has 0 bridgehead atoms. The van der Waals surface area contributed by atoms with Gasteiger partial charge in [-0.05, 0) is 23.5 Å². The van der Waals surface area contributed by atoms with E-state index >= 15 is 0 Å². The van der Waals surface area contributed by atoms with Crippen LogP contribution in [-0.2, 0) is 0 Å². The van der Waals surface area contributed by atoms with E-state index in [2.05, 4.69) is 15.2 Å². The van der Waals surface area contributed by atoms with Gasteiger partial charge in [0, 0.05) is 0 Å². The van der Waals surface area contributed by atoms with Crippen molar-refractivity contribution in [2.45, 2.75) is 0 Å². The van der Waals surface area contributed by atoms with Gasteiger partial charge >= 0.3 is 4.87 Å². The van der Waals surface area contributed by atoms with Crippen molar-refractivity contribution in [1.29, 1.82) is 0 Å². The van der Waals surface area contributed by atoms with Crippen LogP contribution >= 0.6 is 11.3 Å². The van der Waals surface area contributed by atoms with Gasteiger partial charge in [-0.1, -0.05) is 18.2 Å². The third-order valence-electron chi connectivity index (χ3n) is 1.62. The van der Waals surface area contributed by atoms with E-state index in [9.17, 15) is 9.90 Å². The number of thiazole rings is 1. The standard InChI is InChI=1S/C9H7N3O2S/c13-7-8(15-9(14)10-7)12-11-6-4-2-1-3-5-6/h1-5,13H,(H,10,14). The molecule has 2 N–H and O–H groups in total. The molecule has 0 unspecified atom stereocenters. The molecule has 15 heavy (non-hydrogen) atoms. The molecule has 76 valence electrons. The van der Waals surface area contributed by atoms with Crippen molar-refractivity contribution < 1.29 is 5.11 Å². The molecule has 0 saturated heterocycles. The fourth-order valence-electron chi connectivity index (χ4n) is 0.977. The first kappa shape index (κ1) is 9.60. The maximum atomic E-state index is 10.8. The van der Waals surface area contributed by atoms with Crippen LogP contribution < -0.4 is 4.87 Å². The summed E-state index contributed by atoms with van der Waals surface area (Å²) in [4.78, 5) is 12.7. The van der Waals surface area contributed by atoms with Gasteiger partial charge in [-0.3, -0.25) is 9.78 Å². The van der Waals surface area contributed by atoms with E-state index in [0.29, 0.717) is 5.69 Å². The Morgan fingerprint density at radius 2 is 1.93 bits per heavy atom. The van der Waals surface area contributed by atoms with Crippen molar-refractivity contribution in [3.8, 4) is 5.88 Å². The number of azo groups is 1. The van der Waals surface area contributed by atoms with E-state index in [1.807, 2.05) is 18.2 Å². The summed E-state index contributed by atoms with van der Waals surface area (Å²) in [5.41, 5.74) is 0.665. The second-order valence-electron chi connectivity index (χ2n) is 2.70. The average molecular weight is 221 g/mol. The number of H-pyrrole nitrogens is 1. The minimum Gasteiger partial charge on any atom is -0.492 e. The lowest BCUT2D eigenvalue weighted by atomic mass is 10.3. The van der Waals surface area contributed by atoms with Gasteiger partial charge in [0.1, 0.15) is 0 Å². The second-order valence-corrected chi connectivity index (χ2v) is 3.67. The van der Waals surface area contributed by atoms with Gasteiger partial charge in [-0.2, -0.15) is 0 Å². The van der Waals surface area contributed by atoms with Crippen LogP contribution in [0.1, 0.15) is 0 Å².